The van der Waals surface area contributed by atoms with Gasteiger partial charge in [0.1, 0.15) is 11.9 Å². The lowest BCUT2D eigenvalue weighted by molar-refractivity contribution is -0.309. The molecule has 0 amide bonds. The Morgan fingerprint density at radius 3 is 2.56 bits per heavy atom. The van der Waals surface area contributed by atoms with Gasteiger partial charge in [0.25, 0.3) is 0 Å². The number of rotatable bonds is 3. The number of benzene rings is 1. The van der Waals surface area contributed by atoms with Gasteiger partial charge in [-0.15, -0.1) is 5.10 Å². The topological polar surface area (TPSA) is 83.7 Å². The lowest BCUT2D eigenvalue weighted by Gasteiger charge is -2.18. The van der Waals surface area contributed by atoms with E-state index in [1.807, 2.05) is 6.07 Å². The summed E-state index contributed by atoms with van der Waals surface area (Å²) in [6, 6.07) is 7.72. The maximum atomic E-state index is 11.1. The van der Waals surface area contributed by atoms with Crippen molar-refractivity contribution in [1.29, 1.82) is 0 Å². The molecule has 6 nitrogen and oxygen atoms in total. The van der Waals surface area contributed by atoms with Crippen LogP contribution in [0.15, 0.2) is 30.3 Å². The summed E-state index contributed by atoms with van der Waals surface area (Å²) in [4.78, 5) is 11.1. The van der Waals surface area contributed by atoms with E-state index in [-0.39, 0.29) is 0 Å². The molecule has 1 aromatic carbocycles. The summed E-state index contributed by atoms with van der Waals surface area (Å²) in [5.74, 6) is -0.806. The van der Waals surface area contributed by atoms with Crippen molar-refractivity contribution in [2.24, 2.45) is 0 Å². The fourth-order valence-corrected chi connectivity index (χ4v) is 1.49. The van der Waals surface area contributed by atoms with Gasteiger partial charge in [-0.3, -0.25) is 0 Å². The molecular weight excluding hydrogens is 208 g/mol. The number of aryl methyl sites for hydroxylation is 1. The van der Waals surface area contributed by atoms with E-state index in [0.29, 0.717) is 11.4 Å². The third kappa shape index (κ3) is 1.77. The molecule has 1 atom stereocenters. The molecule has 2 aromatic rings. The van der Waals surface area contributed by atoms with Crippen LogP contribution in [0.2, 0.25) is 0 Å². The predicted molar refractivity (Wildman–Crippen MR) is 52.1 cm³/mol. The number of tetrazole rings is 1. The first-order chi connectivity index (χ1) is 7.70. The quantitative estimate of drug-likeness (QED) is 0.680. The Morgan fingerprint density at radius 1 is 1.38 bits per heavy atom. The van der Waals surface area contributed by atoms with Crippen molar-refractivity contribution in [3.05, 3.63) is 41.7 Å². The molecule has 0 bridgehead atoms. The number of hydrogen-bond donors (Lipinski definition) is 0. The molecule has 16 heavy (non-hydrogen) atoms. The van der Waals surface area contributed by atoms with Gasteiger partial charge in [0.2, 0.25) is 0 Å². The predicted octanol–water partition coefficient (Wildman–Crippen LogP) is -0.679. The van der Waals surface area contributed by atoms with E-state index in [1.165, 1.54) is 4.68 Å². The van der Waals surface area contributed by atoms with Crippen LogP contribution >= 0.6 is 0 Å². The van der Waals surface area contributed by atoms with Gasteiger partial charge in [-0.1, -0.05) is 30.3 Å². The van der Waals surface area contributed by atoms with Gasteiger partial charge in [-0.2, -0.15) is 0 Å². The third-order valence-electron chi connectivity index (χ3n) is 2.24. The van der Waals surface area contributed by atoms with Crippen molar-refractivity contribution in [2.45, 2.75) is 13.0 Å². The van der Waals surface area contributed by atoms with Crippen LogP contribution in [0.4, 0.5) is 0 Å². The van der Waals surface area contributed by atoms with Crippen LogP contribution in [-0.2, 0) is 4.79 Å². The molecule has 0 aliphatic carbocycles. The highest BCUT2D eigenvalue weighted by Crippen LogP contribution is 2.16. The lowest BCUT2D eigenvalue weighted by Crippen LogP contribution is -2.35. The van der Waals surface area contributed by atoms with E-state index in [1.54, 1.807) is 31.2 Å². The number of carbonyl (C=O) groups is 1. The van der Waals surface area contributed by atoms with Gasteiger partial charge in [0.15, 0.2) is 0 Å². The molecule has 0 radical (unpaired) electrons. The van der Waals surface area contributed by atoms with E-state index >= 15 is 0 Å². The summed E-state index contributed by atoms with van der Waals surface area (Å²) in [6.45, 7) is 1.64. The second kappa shape index (κ2) is 4.09. The Morgan fingerprint density at radius 2 is 2.06 bits per heavy atom. The summed E-state index contributed by atoms with van der Waals surface area (Å²) < 4.78 is 1.23. The highest BCUT2D eigenvalue weighted by molar-refractivity contribution is 5.73. The van der Waals surface area contributed by atoms with Crippen LogP contribution in [0.5, 0.6) is 0 Å². The molecule has 0 saturated heterocycles. The van der Waals surface area contributed by atoms with Crippen molar-refractivity contribution in [2.75, 3.05) is 0 Å². The zero-order valence-corrected chi connectivity index (χ0v) is 8.57. The Bertz CT molecular complexity index is 495. The second-order valence-corrected chi connectivity index (χ2v) is 3.30. The fourth-order valence-electron chi connectivity index (χ4n) is 1.49. The molecule has 0 spiro atoms. The average Bonchev–Trinajstić information content (AvgIpc) is 2.66. The molecule has 82 valence electrons. The minimum atomic E-state index is -1.23. The molecule has 6 heteroatoms. The smallest absolute Gasteiger partial charge is 0.149 e. The highest BCUT2D eigenvalue weighted by atomic mass is 16.4. The van der Waals surface area contributed by atoms with Crippen molar-refractivity contribution in [1.82, 2.24) is 20.2 Å². The average molecular weight is 217 g/mol. The first-order valence-corrected chi connectivity index (χ1v) is 4.70. The Hall–Kier alpha value is -2.24. The zero-order chi connectivity index (χ0) is 11.5. The van der Waals surface area contributed by atoms with Crippen molar-refractivity contribution < 1.29 is 9.90 Å². The molecule has 0 saturated carbocycles. The molecule has 0 N–H and O–H groups in total. The number of aliphatic carboxylic acids is 1. The minimum Gasteiger partial charge on any atom is -0.547 e. The van der Waals surface area contributed by atoms with Crippen LogP contribution < -0.4 is 5.11 Å². The van der Waals surface area contributed by atoms with Crippen LogP contribution in [0.1, 0.15) is 17.4 Å². The highest BCUT2D eigenvalue weighted by Gasteiger charge is 2.18. The summed E-state index contributed by atoms with van der Waals surface area (Å²) >= 11 is 0. The van der Waals surface area contributed by atoms with Crippen LogP contribution in [0.25, 0.3) is 0 Å². The maximum absolute atomic E-state index is 11.1. The number of carboxylic acid groups (broad SMARTS) is 1. The minimum absolute atomic E-state index is 0.429. The number of carboxylic acids is 1. The monoisotopic (exact) mass is 217 g/mol. The molecule has 2 rings (SSSR count). The fraction of sp³-hybridized carbons (Fsp3) is 0.200. The zero-order valence-electron chi connectivity index (χ0n) is 8.57. The summed E-state index contributed by atoms with van der Waals surface area (Å²) in [7, 11) is 0. The van der Waals surface area contributed by atoms with Gasteiger partial charge < -0.3 is 9.90 Å². The van der Waals surface area contributed by atoms with Crippen LogP contribution in [0, 0.1) is 6.92 Å². The summed E-state index contributed by atoms with van der Waals surface area (Å²) in [5, 5.41) is 21.9. The van der Waals surface area contributed by atoms with E-state index in [2.05, 4.69) is 15.5 Å². The largest absolute Gasteiger partial charge is 0.547 e. The molecule has 1 heterocycles. The lowest BCUT2D eigenvalue weighted by atomic mass is 10.1. The normalized spacial score (nSPS) is 12.3. The molecule has 1 aromatic heterocycles. The molecule has 0 unspecified atom stereocenters. The number of aromatic nitrogens is 4. The van der Waals surface area contributed by atoms with Crippen LogP contribution in [0.3, 0.4) is 0 Å². The number of carbonyl (C=O) groups excluding carboxylic acids is 1. The molecule has 0 aliphatic heterocycles. The molecule has 0 aliphatic rings. The Kier molecular flexibility index (Phi) is 2.63. The van der Waals surface area contributed by atoms with Crippen LogP contribution in [-0.4, -0.2) is 26.2 Å². The van der Waals surface area contributed by atoms with Gasteiger partial charge >= 0.3 is 0 Å². The van der Waals surface area contributed by atoms with E-state index < -0.39 is 12.0 Å². The first-order valence-electron chi connectivity index (χ1n) is 4.70. The number of nitrogens with zero attached hydrogens (tertiary/aromatic N) is 4. The van der Waals surface area contributed by atoms with E-state index in [9.17, 15) is 9.90 Å². The Labute approximate surface area is 91.5 Å². The molecular formula is C10H9N4O2-. The third-order valence-corrected chi connectivity index (χ3v) is 2.24. The van der Waals surface area contributed by atoms with E-state index in [4.69, 9.17) is 0 Å². The van der Waals surface area contributed by atoms with Crippen molar-refractivity contribution >= 4 is 5.97 Å². The first kappa shape index (κ1) is 10.3. The SMILES string of the molecule is Cc1nnnn1[C@H](C(=O)[O-])c1ccccc1. The maximum Gasteiger partial charge on any atom is 0.149 e. The number of hydrogen-bond acceptors (Lipinski definition) is 5. The standard InChI is InChI=1S/C10H10N4O2/c1-7-11-12-13-14(7)9(10(15)16)8-5-3-2-4-6-8/h2-6,9H,1H3,(H,15,16)/p-1/t9-/m0/s1. The van der Waals surface area contributed by atoms with Crippen molar-refractivity contribution in [3.8, 4) is 0 Å². The van der Waals surface area contributed by atoms with E-state index in [0.717, 1.165) is 0 Å². The molecule has 0 fully saturated rings. The van der Waals surface area contributed by atoms with Gasteiger partial charge in [0, 0.05) is 0 Å². The second-order valence-electron chi connectivity index (χ2n) is 3.30. The van der Waals surface area contributed by atoms with Crippen molar-refractivity contribution in [3.63, 3.8) is 0 Å². The van der Waals surface area contributed by atoms with Gasteiger partial charge in [-0.25, -0.2) is 4.68 Å². The summed E-state index contributed by atoms with van der Waals surface area (Å²) in [5.41, 5.74) is 0.581. The van der Waals surface area contributed by atoms with Gasteiger partial charge in [-0.05, 0) is 22.9 Å². The Balaban J connectivity index is 2.48. The summed E-state index contributed by atoms with van der Waals surface area (Å²) in [6.07, 6.45) is 0. The van der Waals surface area contributed by atoms with Gasteiger partial charge in [0.05, 0.1) is 5.97 Å².